The Balaban J connectivity index is 1.36. The summed E-state index contributed by atoms with van der Waals surface area (Å²) >= 11 is 18.7. The third-order valence-electron chi connectivity index (χ3n) is 8.37. The number of imidazole rings is 1. The summed E-state index contributed by atoms with van der Waals surface area (Å²) in [6.45, 7) is 5.82. The van der Waals surface area contributed by atoms with E-state index in [-0.39, 0.29) is 24.3 Å². The third-order valence-corrected chi connectivity index (χ3v) is 9.28. The van der Waals surface area contributed by atoms with Crippen LogP contribution in [0, 0.1) is 17.2 Å². The number of benzene rings is 4. The number of fused-ring (bicyclic) bond motifs is 1. The van der Waals surface area contributed by atoms with Crippen molar-refractivity contribution in [2.45, 2.75) is 45.8 Å². The van der Waals surface area contributed by atoms with Gasteiger partial charge in [-0.05, 0) is 70.4 Å². The van der Waals surface area contributed by atoms with E-state index in [1.165, 1.54) is 0 Å². The molecule has 0 saturated heterocycles. The van der Waals surface area contributed by atoms with Gasteiger partial charge < -0.3 is 20.1 Å². The first-order valence-corrected chi connectivity index (χ1v) is 16.7. The topological polar surface area (TPSA) is 86.0 Å². The zero-order chi connectivity index (χ0) is 33.3. The largest absolute Gasteiger partial charge is 0.351 e. The Morgan fingerprint density at radius 2 is 1.83 bits per heavy atom. The molecule has 10 heteroatoms. The monoisotopic (exact) mass is 682 g/mol. The molecule has 0 aliphatic rings. The van der Waals surface area contributed by atoms with Crippen LogP contribution in [-0.4, -0.2) is 38.1 Å². The van der Waals surface area contributed by atoms with Gasteiger partial charge in [0.2, 0.25) is 5.91 Å². The minimum absolute atomic E-state index is 0.0957. The molecule has 0 aliphatic carbocycles. The van der Waals surface area contributed by atoms with Crippen molar-refractivity contribution in [1.29, 1.82) is 5.26 Å². The molecule has 7 nitrogen and oxygen atoms in total. The van der Waals surface area contributed by atoms with Gasteiger partial charge in [-0.1, -0.05) is 98.1 Å². The summed E-state index contributed by atoms with van der Waals surface area (Å²) in [6.07, 6.45) is 4.50. The maximum absolute atomic E-state index is 13.6. The zero-order valence-corrected chi connectivity index (χ0v) is 28.6. The Kier molecular flexibility index (Phi) is 11.5. The van der Waals surface area contributed by atoms with Crippen LogP contribution in [0.2, 0.25) is 10.0 Å². The summed E-state index contributed by atoms with van der Waals surface area (Å²) in [6, 6.07) is 29.2. The van der Waals surface area contributed by atoms with Gasteiger partial charge in [-0.15, -0.1) is 0 Å². The summed E-state index contributed by atoms with van der Waals surface area (Å²) in [5.74, 6) is 0.0704. The Morgan fingerprint density at radius 3 is 2.57 bits per heavy atom. The molecular weight excluding hydrogens is 647 g/mol. The second-order valence-electron chi connectivity index (χ2n) is 11.6. The highest BCUT2D eigenvalue weighted by molar-refractivity contribution is 7.80. The lowest BCUT2D eigenvalue weighted by molar-refractivity contribution is -0.121. The number of carbonyl (C=O) groups is 1. The van der Waals surface area contributed by atoms with Crippen molar-refractivity contribution in [3.8, 4) is 6.07 Å². The quantitative estimate of drug-likeness (QED) is 0.129. The molecule has 47 heavy (non-hydrogen) atoms. The lowest BCUT2D eigenvalue weighted by Gasteiger charge is -2.33. The molecule has 5 aromatic rings. The standard InChI is InChI=1S/C37H36Cl2N6OS/c1-3-25(2)35(42-36(46)18-31-20-41-24-45(31)21-27-13-11-26(19-40)12-14-27)23-44(37(47)43-34-16-15-30(38)17-33(34)39)22-29-9-6-8-28-7-4-5-10-32(28)29/h4-17,20,24-25,35H,3,18,21-23H2,1-2H3,(H,42,46)(H,43,47)/t25-,35+/m0/s1. The van der Waals surface area contributed by atoms with E-state index in [0.29, 0.717) is 46.0 Å². The smallest absolute Gasteiger partial charge is 0.226 e. The number of rotatable bonds is 12. The maximum atomic E-state index is 13.6. The van der Waals surface area contributed by atoms with Crippen LogP contribution in [0.15, 0.2) is 97.5 Å². The third kappa shape index (κ3) is 8.89. The number of nitriles is 1. The van der Waals surface area contributed by atoms with Crippen LogP contribution in [0.3, 0.4) is 0 Å². The number of hydrogen-bond donors (Lipinski definition) is 2. The van der Waals surface area contributed by atoms with E-state index < -0.39 is 0 Å². The second-order valence-corrected chi connectivity index (χ2v) is 12.9. The fourth-order valence-electron chi connectivity index (χ4n) is 5.47. The highest BCUT2D eigenvalue weighted by atomic mass is 35.5. The number of amides is 1. The minimum atomic E-state index is -0.196. The molecule has 2 atom stereocenters. The molecule has 240 valence electrons. The average Bonchev–Trinajstić information content (AvgIpc) is 3.51. The average molecular weight is 684 g/mol. The number of carbonyl (C=O) groups excluding carboxylic acids is 1. The zero-order valence-electron chi connectivity index (χ0n) is 26.3. The van der Waals surface area contributed by atoms with Crippen molar-refractivity contribution in [3.63, 3.8) is 0 Å². The molecule has 0 fully saturated rings. The predicted octanol–water partition coefficient (Wildman–Crippen LogP) is 8.24. The van der Waals surface area contributed by atoms with Gasteiger partial charge in [0.1, 0.15) is 0 Å². The first-order chi connectivity index (χ1) is 22.7. The van der Waals surface area contributed by atoms with Crippen LogP contribution in [0.1, 0.15) is 42.7 Å². The van der Waals surface area contributed by atoms with Gasteiger partial charge in [0.05, 0.1) is 35.1 Å². The van der Waals surface area contributed by atoms with Crippen molar-refractivity contribution >= 4 is 62.9 Å². The molecule has 0 aliphatic heterocycles. The molecule has 1 amide bonds. The molecule has 0 unspecified atom stereocenters. The van der Waals surface area contributed by atoms with Crippen LogP contribution >= 0.6 is 35.4 Å². The van der Waals surface area contributed by atoms with Gasteiger partial charge in [-0.25, -0.2) is 4.98 Å². The molecule has 1 aromatic heterocycles. The van der Waals surface area contributed by atoms with Gasteiger partial charge in [0.15, 0.2) is 5.11 Å². The highest BCUT2D eigenvalue weighted by Gasteiger charge is 2.25. The van der Waals surface area contributed by atoms with E-state index >= 15 is 0 Å². The van der Waals surface area contributed by atoms with Gasteiger partial charge in [0, 0.05) is 42.6 Å². The summed E-state index contributed by atoms with van der Waals surface area (Å²) in [7, 11) is 0. The molecule has 0 saturated carbocycles. The van der Waals surface area contributed by atoms with Crippen molar-refractivity contribution in [1.82, 2.24) is 19.8 Å². The number of hydrogen-bond acceptors (Lipinski definition) is 4. The van der Waals surface area contributed by atoms with E-state index in [9.17, 15) is 4.79 Å². The molecule has 0 spiro atoms. The Labute approximate surface area is 291 Å². The Bertz CT molecular complexity index is 1900. The molecule has 5 rings (SSSR count). The number of thiocarbonyl (C=S) groups is 1. The molecule has 0 radical (unpaired) electrons. The van der Waals surface area contributed by atoms with Gasteiger partial charge >= 0.3 is 0 Å². The number of nitrogens with zero attached hydrogens (tertiary/aromatic N) is 4. The predicted molar refractivity (Wildman–Crippen MR) is 195 cm³/mol. The van der Waals surface area contributed by atoms with Crippen LogP contribution < -0.4 is 10.6 Å². The molecule has 1 heterocycles. The van der Waals surface area contributed by atoms with Gasteiger partial charge in [-0.3, -0.25) is 4.79 Å². The van der Waals surface area contributed by atoms with Crippen molar-refractivity contribution in [3.05, 3.63) is 130 Å². The SMILES string of the molecule is CC[C@H](C)[C@@H](CN(Cc1cccc2ccccc12)C(=S)Nc1ccc(Cl)cc1Cl)NC(=O)Cc1cncn1Cc1ccc(C#N)cc1. The van der Waals surface area contributed by atoms with Crippen LogP contribution in [0.5, 0.6) is 0 Å². The first-order valence-electron chi connectivity index (χ1n) is 15.5. The Morgan fingerprint density at radius 1 is 1.06 bits per heavy atom. The van der Waals surface area contributed by atoms with E-state index in [1.807, 2.05) is 34.9 Å². The summed E-state index contributed by atoms with van der Waals surface area (Å²) < 4.78 is 1.96. The van der Waals surface area contributed by atoms with Crippen molar-refractivity contribution in [2.24, 2.45) is 5.92 Å². The van der Waals surface area contributed by atoms with Crippen LogP contribution in [-0.2, 0) is 24.3 Å². The first kappa shape index (κ1) is 33.9. The molecular formula is C37H36Cl2N6OS. The lowest BCUT2D eigenvalue weighted by atomic mass is 9.97. The van der Waals surface area contributed by atoms with E-state index in [1.54, 1.807) is 36.8 Å². The number of nitrogens with one attached hydrogen (secondary N) is 2. The number of aromatic nitrogens is 2. The molecule has 0 bridgehead atoms. The number of halogens is 2. The minimum Gasteiger partial charge on any atom is -0.351 e. The summed E-state index contributed by atoms with van der Waals surface area (Å²) in [5.41, 5.74) is 4.21. The van der Waals surface area contributed by atoms with Crippen molar-refractivity contribution < 1.29 is 4.79 Å². The Hall–Kier alpha value is -4.42. The maximum Gasteiger partial charge on any atom is 0.226 e. The molecule has 4 aromatic carbocycles. The summed E-state index contributed by atoms with van der Waals surface area (Å²) in [5, 5.41) is 19.5. The fraction of sp³-hybridized carbons (Fsp3) is 0.243. The van der Waals surface area contributed by atoms with E-state index in [2.05, 4.69) is 70.8 Å². The van der Waals surface area contributed by atoms with Gasteiger partial charge in [0.25, 0.3) is 0 Å². The second kappa shape index (κ2) is 15.9. The highest BCUT2D eigenvalue weighted by Crippen LogP contribution is 2.27. The normalized spacial score (nSPS) is 12.2. The van der Waals surface area contributed by atoms with E-state index in [4.69, 9.17) is 40.7 Å². The van der Waals surface area contributed by atoms with Crippen LogP contribution in [0.4, 0.5) is 5.69 Å². The summed E-state index contributed by atoms with van der Waals surface area (Å²) in [4.78, 5) is 20.0. The molecule has 2 N–H and O–H groups in total. The lowest BCUT2D eigenvalue weighted by Crippen LogP contribution is -2.50. The number of anilines is 1. The fourth-order valence-corrected chi connectivity index (χ4v) is 6.18. The van der Waals surface area contributed by atoms with Crippen LogP contribution in [0.25, 0.3) is 10.8 Å². The van der Waals surface area contributed by atoms with Gasteiger partial charge in [-0.2, -0.15) is 5.26 Å². The van der Waals surface area contributed by atoms with E-state index in [0.717, 1.165) is 34.0 Å². The van der Waals surface area contributed by atoms with Crippen molar-refractivity contribution in [2.75, 3.05) is 11.9 Å².